The molecule has 1 aromatic carbocycles. The number of benzene rings is 1. The zero-order valence-corrected chi connectivity index (χ0v) is 12.4. The number of nitrogens with two attached hydrogens (primary N) is 1. The van der Waals surface area contributed by atoms with Gasteiger partial charge in [-0.3, -0.25) is 4.79 Å². The molecule has 0 saturated carbocycles. The number of hydrogen-bond donors (Lipinski definition) is 1. The van der Waals surface area contributed by atoms with Crippen molar-refractivity contribution in [2.45, 2.75) is 38.9 Å². The summed E-state index contributed by atoms with van der Waals surface area (Å²) in [4.78, 5) is 11.1. The first-order valence-corrected chi connectivity index (χ1v) is 6.63. The maximum atomic E-state index is 11.1. The highest BCUT2D eigenvalue weighted by molar-refractivity contribution is 6.42. The maximum absolute atomic E-state index is 11.1. The van der Waals surface area contributed by atoms with E-state index in [0.717, 1.165) is 5.56 Å². The minimum atomic E-state index is -0.770. The highest BCUT2D eigenvalue weighted by Crippen LogP contribution is 2.48. The Labute approximate surface area is 121 Å². The molecule has 4 nitrogen and oxygen atoms in total. The molecule has 2 rings (SSSR count). The van der Waals surface area contributed by atoms with Crippen molar-refractivity contribution in [2.24, 2.45) is 5.73 Å². The van der Waals surface area contributed by atoms with Crippen molar-refractivity contribution in [3.63, 3.8) is 0 Å². The fourth-order valence-corrected chi connectivity index (χ4v) is 2.40. The van der Waals surface area contributed by atoms with E-state index >= 15 is 0 Å². The predicted molar refractivity (Wildman–Crippen MR) is 74.2 cm³/mol. The molecule has 1 aromatic rings. The van der Waals surface area contributed by atoms with Crippen LogP contribution in [0, 0.1) is 0 Å². The normalized spacial score (nSPS) is 17.5. The number of ether oxygens (including phenoxy) is 2. The number of rotatable bonds is 3. The summed E-state index contributed by atoms with van der Waals surface area (Å²) in [5.41, 5.74) is 5.60. The van der Waals surface area contributed by atoms with Gasteiger partial charge in [0.2, 0.25) is 0 Å². The number of carbonyl (C=O) groups excluding carboxylic acids is 1. The van der Waals surface area contributed by atoms with Crippen LogP contribution >= 0.6 is 23.2 Å². The Morgan fingerprint density at radius 2 is 2.16 bits per heavy atom. The number of halogens is 2. The zero-order valence-electron chi connectivity index (χ0n) is 10.9. The molecular formula is C13H15Cl2NO3. The average molecular weight is 304 g/mol. The molecule has 1 unspecified atom stereocenters. The van der Waals surface area contributed by atoms with E-state index in [-0.39, 0.29) is 5.60 Å². The first kappa shape index (κ1) is 14.3. The third-order valence-corrected chi connectivity index (χ3v) is 3.74. The van der Waals surface area contributed by atoms with Gasteiger partial charge in [-0.2, -0.15) is 0 Å². The Kier molecular flexibility index (Phi) is 3.58. The average Bonchev–Trinajstić information content (AvgIpc) is 2.62. The Morgan fingerprint density at radius 1 is 1.53 bits per heavy atom. The van der Waals surface area contributed by atoms with Gasteiger partial charge in [0.1, 0.15) is 5.60 Å². The lowest BCUT2D eigenvalue weighted by atomic mass is 10.0. The van der Waals surface area contributed by atoms with Crippen molar-refractivity contribution in [3.8, 4) is 11.5 Å². The van der Waals surface area contributed by atoms with Crippen molar-refractivity contribution in [2.75, 3.05) is 0 Å². The van der Waals surface area contributed by atoms with Crippen LogP contribution in [-0.4, -0.2) is 17.6 Å². The number of hydrogen-bond acceptors (Lipinski definition) is 3. The van der Waals surface area contributed by atoms with E-state index in [1.807, 2.05) is 13.8 Å². The topological polar surface area (TPSA) is 61.6 Å². The molecule has 6 heteroatoms. The number of primary amides is 1. The lowest BCUT2D eigenvalue weighted by Gasteiger charge is -2.19. The minimum Gasteiger partial charge on any atom is -0.483 e. The standard InChI is InChI=1S/C13H15Cl2NO3/c1-6(12(16)17)18-9-4-8(14)10(15)7-5-13(2,3)19-11(7)9/h4,6H,5H2,1-3H3,(H2,16,17). The Bertz CT molecular complexity index is 543. The van der Waals surface area contributed by atoms with Gasteiger partial charge in [-0.25, -0.2) is 0 Å². The summed E-state index contributed by atoms with van der Waals surface area (Å²) in [6.07, 6.45) is -0.142. The summed E-state index contributed by atoms with van der Waals surface area (Å²) < 4.78 is 11.3. The summed E-state index contributed by atoms with van der Waals surface area (Å²) >= 11 is 12.2. The highest BCUT2D eigenvalue weighted by atomic mass is 35.5. The van der Waals surface area contributed by atoms with Crippen LogP contribution in [0.4, 0.5) is 0 Å². The second-order valence-corrected chi connectivity index (χ2v) is 5.96. The summed E-state index contributed by atoms with van der Waals surface area (Å²) in [7, 11) is 0. The van der Waals surface area contributed by atoms with Crippen molar-refractivity contribution in [3.05, 3.63) is 21.7 Å². The molecule has 1 amide bonds. The van der Waals surface area contributed by atoms with Crippen molar-refractivity contribution in [1.29, 1.82) is 0 Å². The zero-order chi connectivity index (χ0) is 14.4. The van der Waals surface area contributed by atoms with E-state index < -0.39 is 12.0 Å². The fourth-order valence-electron chi connectivity index (χ4n) is 1.98. The van der Waals surface area contributed by atoms with Crippen LogP contribution in [0.3, 0.4) is 0 Å². The van der Waals surface area contributed by atoms with Crippen LogP contribution in [-0.2, 0) is 11.2 Å². The Morgan fingerprint density at radius 3 is 2.74 bits per heavy atom. The third kappa shape index (κ3) is 2.74. The monoisotopic (exact) mass is 303 g/mol. The van der Waals surface area contributed by atoms with Crippen LogP contribution in [0.2, 0.25) is 10.0 Å². The van der Waals surface area contributed by atoms with E-state index in [1.165, 1.54) is 0 Å². The van der Waals surface area contributed by atoms with Gasteiger partial charge in [0, 0.05) is 18.1 Å². The smallest absolute Gasteiger partial charge is 0.258 e. The molecule has 0 spiro atoms. The molecular weight excluding hydrogens is 289 g/mol. The lowest BCUT2D eigenvalue weighted by Crippen LogP contribution is -2.31. The van der Waals surface area contributed by atoms with Crippen LogP contribution in [0.5, 0.6) is 11.5 Å². The van der Waals surface area contributed by atoms with Crippen molar-refractivity contribution < 1.29 is 14.3 Å². The highest BCUT2D eigenvalue weighted by Gasteiger charge is 2.35. The SMILES string of the molecule is CC(Oc1cc(Cl)c(Cl)c2c1OC(C)(C)C2)C(N)=O. The number of amides is 1. The van der Waals surface area contributed by atoms with Gasteiger partial charge in [0.25, 0.3) is 5.91 Å². The molecule has 1 heterocycles. The van der Waals surface area contributed by atoms with Crippen LogP contribution in [0.15, 0.2) is 6.07 Å². The molecule has 0 aromatic heterocycles. The molecule has 0 saturated heterocycles. The first-order valence-electron chi connectivity index (χ1n) is 5.87. The Balaban J connectivity index is 2.45. The van der Waals surface area contributed by atoms with Gasteiger partial charge >= 0.3 is 0 Å². The van der Waals surface area contributed by atoms with Crippen molar-refractivity contribution in [1.82, 2.24) is 0 Å². The Hall–Kier alpha value is -1.13. The summed E-state index contributed by atoms with van der Waals surface area (Å²) in [5.74, 6) is 0.367. The van der Waals surface area contributed by atoms with Crippen LogP contribution in [0.1, 0.15) is 26.3 Å². The molecule has 104 valence electrons. The van der Waals surface area contributed by atoms with Gasteiger partial charge in [-0.15, -0.1) is 0 Å². The lowest BCUT2D eigenvalue weighted by molar-refractivity contribution is -0.124. The molecule has 1 aliphatic heterocycles. The van der Waals surface area contributed by atoms with Gasteiger partial charge < -0.3 is 15.2 Å². The van der Waals surface area contributed by atoms with E-state index in [2.05, 4.69) is 0 Å². The van der Waals surface area contributed by atoms with E-state index in [0.29, 0.717) is 28.0 Å². The van der Waals surface area contributed by atoms with Gasteiger partial charge in [-0.1, -0.05) is 23.2 Å². The van der Waals surface area contributed by atoms with Gasteiger partial charge in [-0.05, 0) is 20.8 Å². The second-order valence-electron chi connectivity index (χ2n) is 5.18. The fraction of sp³-hybridized carbons (Fsp3) is 0.462. The second kappa shape index (κ2) is 4.76. The van der Waals surface area contributed by atoms with Crippen LogP contribution < -0.4 is 15.2 Å². The molecule has 1 atom stereocenters. The molecule has 1 aliphatic rings. The number of fused-ring (bicyclic) bond motifs is 1. The maximum Gasteiger partial charge on any atom is 0.258 e. The van der Waals surface area contributed by atoms with Gasteiger partial charge in [0.05, 0.1) is 10.0 Å². The summed E-state index contributed by atoms with van der Waals surface area (Å²) in [5, 5.41) is 0.828. The molecule has 0 bridgehead atoms. The van der Waals surface area contributed by atoms with Crippen LogP contribution in [0.25, 0.3) is 0 Å². The molecule has 0 radical (unpaired) electrons. The molecule has 2 N–H and O–H groups in total. The molecule has 19 heavy (non-hydrogen) atoms. The van der Waals surface area contributed by atoms with Crippen molar-refractivity contribution >= 4 is 29.1 Å². The number of carbonyl (C=O) groups is 1. The van der Waals surface area contributed by atoms with E-state index in [1.54, 1.807) is 13.0 Å². The third-order valence-electron chi connectivity index (χ3n) is 2.92. The minimum absolute atomic E-state index is 0.369. The van der Waals surface area contributed by atoms with E-state index in [4.69, 9.17) is 38.4 Å². The summed E-state index contributed by atoms with van der Waals surface area (Å²) in [6, 6.07) is 1.55. The summed E-state index contributed by atoms with van der Waals surface area (Å²) in [6.45, 7) is 5.45. The van der Waals surface area contributed by atoms with Gasteiger partial charge in [0.15, 0.2) is 17.6 Å². The molecule has 0 fully saturated rings. The molecule has 0 aliphatic carbocycles. The van der Waals surface area contributed by atoms with E-state index in [9.17, 15) is 4.79 Å². The first-order chi connectivity index (χ1) is 8.71. The predicted octanol–water partition coefficient (Wildman–Crippen LogP) is 2.96. The largest absolute Gasteiger partial charge is 0.483 e. The quantitative estimate of drug-likeness (QED) is 0.934.